The van der Waals surface area contributed by atoms with E-state index in [0.717, 1.165) is 31.8 Å². The number of aryl methyl sites for hydroxylation is 1. The molecule has 1 rings (SSSR count). The van der Waals surface area contributed by atoms with Gasteiger partial charge in [0.15, 0.2) is 0 Å². The quantitative estimate of drug-likeness (QED) is 0.516. The first-order valence-electron chi connectivity index (χ1n) is 6.59. The maximum absolute atomic E-state index is 5.71. The molecule has 0 saturated carbocycles. The average Bonchev–Trinajstić information content (AvgIpc) is 2.38. The smallest absolute Gasteiger partial charge is 0.0502 e. The molecule has 0 aliphatic heterocycles. The lowest BCUT2D eigenvalue weighted by Crippen LogP contribution is -2.12. The summed E-state index contributed by atoms with van der Waals surface area (Å²) in [6, 6.07) is 10.6. The summed E-state index contributed by atoms with van der Waals surface area (Å²) >= 11 is 4.35. The Morgan fingerprint density at radius 3 is 2.65 bits per heavy atom. The van der Waals surface area contributed by atoms with Crippen LogP contribution in [0.25, 0.3) is 0 Å². The Balaban J connectivity index is 2.04. The topological polar surface area (TPSA) is 9.23 Å². The number of ether oxygens (including phenoxy) is 1. The summed E-state index contributed by atoms with van der Waals surface area (Å²) in [5, 5.41) is 0. The van der Waals surface area contributed by atoms with E-state index in [1.807, 2.05) is 0 Å². The summed E-state index contributed by atoms with van der Waals surface area (Å²) in [5.74, 6) is 1.56. The normalized spacial score (nSPS) is 12.6. The molecule has 0 spiro atoms. The van der Waals surface area contributed by atoms with E-state index in [9.17, 15) is 0 Å². The highest BCUT2D eigenvalue weighted by molar-refractivity contribution is 7.80. The van der Waals surface area contributed by atoms with E-state index in [4.69, 9.17) is 4.74 Å². The maximum Gasteiger partial charge on any atom is 0.0502 e. The van der Waals surface area contributed by atoms with Gasteiger partial charge in [-0.1, -0.05) is 43.7 Å². The monoisotopic (exact) mass is 252 g/mol. The van der Waals surface area contributed by atoms with Crippen LogP contribution in [0.5, 0.6) is 0 Å². The first-order chi connectivity index (χ1) is 8.36. The Hall–Kier alpha value is -0.470. The third-order valence-corrected chi connectivity index (χ3v) is 3.42. The highest BCUT2D eigenvalue weighted by Crippen LogP contribution is 2.09. The van der Waals surface area contributed by atoms with Gasteiger partial charge in [-0.25, -0.2) is 0 Å². The zero-order valence-corrected chi connectivity index (χ0v) is 11.7. The van der Waals surface area contributed by atoms with Gasteiger partial charge in [-0.05, 0) is 36.5 Å². The van der Waals surface area contributed by atoms with Crippen LogP contribution in [-0.2, 0) is 11.2 Å². The van der Waals surface area contributed by atoms with Crippen LogP contribution in [0.3, 0.4) is 0 Å². The molecular weight excluding hydrogens is 228 g/mol. The second kappa shape index (κ2) is 9.55. The largest absolute Gasteiger partial charge is 0.381 e. The van der Waals surface area contributed by atoms with Crippen molar-refractivity contribution in [2.75, 3.05) is 19.0 Å². The van der Waals surface area contributed by atoms with Gasteiger partial charge in [-0.3, -0.25) is 0 Å². The van der Waals surface area contributed by atoms with Gasteiger partial charge in [0.2, 0.25) is 0 Å². The van der Waals surface area contributed by atoms with Crippen LogP contribution in [0.4, 0.5) is 0 Å². The fraction of sp³-hybridized carbons (Fsp3) is 0.600. The molecule has 0 N–H and O–H groups in total. The maximum atomic E-state index is 5.71. The molecule has 0 aliphatic carbocycles. The minimum absolute atomic E-state index is 0.625. The Labute approximate surface area is 111 Å². The first-order valence-corrected chi connectivity index (χ1v) is 7.22. The molecule has 1 unspecified atom stereocenters. The van der Waals surface area contributed by atoms with Crippen molar-refractivity contribution in [3.8, 4) is 0 Å². The van der Waals surface area contributed by atoms with Crippen molar-refractivity contribution < 1.29 is 4.74 Å². The summed E-state index contributed by atoms with van der Waals surface area (Å²) in [5.41, 5.74) is 1.40. The van der Waals surface area contributed by atoms with Gasteiger partial charge in [-0.2, -0.15) is 12.6 Å². The third kappa shape index (κ3) is 6.75. The van der Waals surface area contributed by atoms with E-state index in [-0.39, 0.29) is 0 Å². The second-order valence-corrected chi connectivity index (χ2v) is 4.87. The van der Waals surface area contributed by atoms with Crippen LogP contribution < -0.4 is 0 Å². The van der Waals surface area contributed by atoms with Crippen LogP contribution in [0.15, 0.2) is 30.3 Å². The lowest BCUT2D eigenvalue weighted by atomic mass is 10.1. The van der Waals surface area contributed by atoms with E-state index < -0.39 is 0 Å². The van der Waals surface area contributed by atoms with Gasteiger partial charge in [0, 0.05) is 6.61 Å². The number of hydrogen-bond donors (Lipinski definition) is 1. The molecule has 0 heterocycles. The Morgan fingerprint density at radius 1 is 1.24 bits per heavy atom. The van der Waals surface area contributed by atoms with Crippen LogP contribution in [-0.4, -0.2) is 19.0 Å². The van der Waals surface area contributed by atoms with Crippen molar-refractivity contribution in [2.45, 2.75) is 32.6 Å². The molecule has 17 heavy (non-hydrogen) atoms. The molecule has 0 radical (unpaired) electrons. The minimum Gasteiger partial charge on any atom is -0.381 e. The zero-order valence-electron chi connectivity index (χ0n) is 10.8. The Kier molecular flexibility index (Phi) is 8.20. The number of benzene rings is 1. The van der Waals surface area contributed by atoms with Crippen molar-refractivity contribution in [1.29, 1.82) is 0 Å². The summed E-state index contributed by atoms with van der Waals surface area (Å²) < 4.78 is 5.71. The van der Waals surface area contributed by atoms with Crippen molar-refractivity contribution in [2.24, 2.45) is 5.92 Å². The average molecular weight is 252 g/mol. The van der Waals surface area contributed by atoms with Crippen LogP contribution >= 0.6 is 12.6 Å². The van der Waals surface area contributed by atoms with Gasteiger partial charge in [0.05, 0.1) is 6.61 Å². The highest BCUT2D eigenvalue weighted by atomic mass is 32.1. The fourth-order valence-corrected chi connectivity index (χ4v) is 2.20. The van der Waals surface area contributed by atoms with E-state index >= 15 is 0 Å². The fourth-order valence-electron chi connectivity index (χ4n) is 1.91. The molecule has 0 bridgehead atoms. The molecule has 0 aliphatic rings. The lowest BCUT2D eigenvalue weighted by molar-refractivity contribution is 0.101. The van der Waals surface area contributed by atoms with E-state index in [2.05, 4.69) is 49.9 Å². The molecule has 0 amide bonds. The number of hydrogen-bond acceptors (Lipinski definition) is 2. The predicted octanol–water partition coefficient (Wildman–Crippen LogP) is 3.98. The number of thiol groups is 1. The second-order valence-electron chi connectivity index (χ2n) is 4.50. The minimum atomic E-state index is 0.625. The van der Waals surface area contributed by atoms with Crippen LogP contribution in [0.2, 0.25) is 0 Å². The van der Waals surface area contributed by atoms with E-state index in [0.29, 0.717) is 5.92 Å². The van der Waals surface area contributed by atoms with Gasteiger partial charge in [0.1, 0.15) is 0 Å². The predicted molar refractivity (Wildman–Crippen MR) is 77.8 cm³/mol. The molecule has 0 saturated heterocycles. The van der Waals surface area contributed by atoms with Gasteiger partial charge >= 0.3 is 0 Å². The van der Waals surface area contributed by atoms with Crippen LogP contribution in [0, 0.1) is 5.92 Å². The van der Waals surface area contributed by atoms with E-state index in [1.54, 1.807) is 0 Å². The molecule has 1 aromatic carbocycles. The summed E-state index contributed by atoms with van der Waals surface area (Å²) in [6.07, 6.45) is 4.66. The molecular formula is C15H24OS. The Morgan fingerprint density at radius 2 is 2.00 bits per heavy atom. The molecule has 1 nitrogen and oxygen atoms in total. The van der Waals surface area contributed by atoms with Crippen LogP contribution in [0.1, 0.15) is 31.7 Å². The van der Waals surface area contributed by atoms with Crippen molar-refractivity contribution in [3.05, 3.63) is 35.9 Å². The first kappa shape index (κ1) is 14.6. The molecule has 2 heteroatoms. The standard InChI is InChI=1S/C15H24OS/c1-2-7-15(13-17)12-16-11-6-10-14-8-4-3-5-9-14/h3-5,8-9,15,17H,2,6-7,10-13H2,1H3. The molecule has 1 atom stereocenters. The van der Waals surface area contributed by atoms with E-state index in [1.165, 1.54) is 18.4 Å². The summed E-state index contributed by atoms with van der Waals surface area (Å²) in [7, 11) is 0. The summed E-state index contributed by atoms with van der Waals surface area (Å²) in [6.45, 7) is 3.95. The molecule has 1 aromatic rings. The number of rotatable bonds is 9. The molecule has 0 aromatic heterocycles. The third-order valence-electron chi connectivity index (χ3n) is 2.91. The summed E-state index contributed by atoms with van der Waals surface area (Å²) in [4.78, 5) is 0. The van der Waals surface area contributed by atoms with Gasteiger partial charge in [-0.15, -0.1) is 0 Å². The zero-order chi connectivity index (χ0) is 12.3. The molecule has 0 fully saturated rings. The SMILES string of the molecule is CCCC(CS)COCCCc1ccccc1. The van der Waals surface area contributed by atoms with Gasteiger partial charge < -0.3 is 4.74 Å². The van der Waals surface area contributed by atoms with Crippen molar-refractivity contribution in [1.82, 2.24) is 0 Å². The Bertz CT molecular complexity index is 274. The van der Waals surface area contributed by atoms with Crippen molar-refractivity contribution >= 4 is 12.6 Å². The van der Waals surface area contributed by atoms with Crippen molar-refractivity contribution in [3.63, 3.8) is 0 Å². The van der Waals surface area contributed by atoms with Gasteiger partial charge in [0.25, 0.3) is 0 Å². The highest BCUT2D eigenvalue weighted by Gasteiger charge is 2.04. The lowest BCUT2D eigenvalue weighted by Gasteiger charge is -2.13. The molecule has 96 valence electrons.